The molecule has 1 aliphatic heterocycles. The molecule has 1 aromatic heterocycles. The Labute approximate surface area is 218 Å². The third kappa shape index (κ3) is 5.97. The molecule has 4 rings (SSSR count). The van der Waals surface area contributed by atoms with Gasteiger partial charge in [-0.3, -0.25) is 4.79 Å². The topological polar surface area (TPSA) is 63.7 Å². The Hall–Kier alpha value is -2.54. The van der Waals surface area contributed by atoms with E-state index < -0.39 is 56.5 Å². The molecule has 0 amide bonds. The van der Waals surface area contributed by atoms with Crippen LogP contribution in [-0.2, 0) is 27.4 Å². The van der Waals surface area contributed by atoms with Crippen LogP contribution in [0.1, 0.15) is 30.4 Å². The predicted octanol–water partition coefficient (Wildman–Crippen LogP) is 6.85. The van der Waals surface area contributed by atoms with Crippen molar-refractivity contribution in [1.29, 1.82) is 0 Å². The fraction of sp³-hybridized carbons (Fsp3) is 0.292. The maximum atomic E-state index is 15.0. The van der Waals surface area contributed by atoms with Gasteiger partial charge < -0.3 is 4.74 Å². The van der Waals surface area contributed by atoms with E-state index in [0.29, 0.717) is 6.42 Å². The van der Waals surface area contributed by atoms with Crippen LogP contribution in [0, 0.1) is 11.6 Å². The predicted molar refractivity (Wildman–Crippen MR) is 127 cm³/mol. The summed E-state index contributed by atoms with van der Waals surface area (Å²) in [7, 11) is -3.96. The highest BCUT2D eigenvalue weighted by Crippen LogP contribution is 2.35. The summed E-state index contributed by atoms with van der Waals surface area (Å²) >= 11 is 6.72. The van der Waals surface area contributed by atoms with E-state index in [1.165, 1.54) is 12.1 Å². The van der Waals surface area contributed by atoms with Gasteiger partial charge in [0.2, 0.25) is 0 Å². The number of thiophene rings is 1. The van der Waals surface area contributed by atoms with Gasteiger partial charge in [-0.2, -0.15) is 17.5 Å². The molecule has 0 aliphatic carbocycles. The van der Waals surface area contributed by atoms with E-state index in [-0.39, 0.29) is 40.1 Å². The van der Waals surface area contributed by atoms with Gasteiger partial charge in [0.05, 0.1) is 15.9 Å². The quantitative estimate of drug-likeness (QED) is 0.274. The SMILES string of the molecule is O=C(CCc1c(F)ccc(Oc2ccc(C(F)(F)F)cc2)c1F)[C@@H]1CCCN1S(=O)(=O)c1ccc(Cl)s1. The van der Waals surface area contributed by atoms with Crippen molar-refractivity contribution in [2.75, 3.05) is 6.54 Å². The summed E-state index contributed by atoms with van der Waals surface area (Å²) in [4.78, 5) is 12.9. The van der Waals surface area contributed by atoms with Crippen molar-refractivity contribution < 1.29 is 39.9 Å². The molecule has 0 bridgehead atoms. The van der Waals surface area contributed by atoms with Crippen molar-refractivity contribution in [1.82, 2.24) is 4.31 Å². The first-order valence-electron chi connectivity index (χ1n) is 11.0. The molecule has 2 aromatic carbocycles. The van der Waals surface area contributed by atoms with Gasteiger partial charge in [-0.1, -0.05) is 11.6 Å². The average molecular weight is 580 g/mol. The lowest BCUT2D eigenvalue weighted by atomic mass is 10.0. The number of halogens is 6. The minimum absolute atomic E-state index is 0.00223. The first-order chi connectivity index (χ1) is 17.4. The van der Waals surface area contributed by atoms with E-state index >= 15 is 4.39 Å². The van der Waals surface area contributed by atoms with E-state index in [1.807, 2.05) is 0 Å². The Balaban J connectivity index is 1.47. The second-order valence-electron chi connectivity index (χ2n) is 8.26. The van der Waals surface area contributed by atoms with Gasteiger partial charge in [0.15, 0.2) is 17.3 Å². The fourth-order valence-corrected chi connectivity index (χ4v) is 7.33. The van der Waals surface area contributed by atoms with Crippen LogP contribution in [0.25, 0.3) is 0 Å². The second kappa shape index (κ2) is 10.7. The molecule has 1 aliphatic rings. The number of rotatable bonds is 8. The van der Waals surface area contributed by atoms with Crippen LogP contribution in [0.2, 0.25) is 4.34 Å². The first-order valence-corrected chi connectivity index (χ1v) is 13.6. The van der Waals surface area contributed by atoms with Gasteiger partial charge in [0, 0.05) is 18.5 Å². The molecule has 0 N–H and O–H groups in total. The van der Waals surface area contributed by atoms with Crippen molar-refractivity contribution in [2.24, 2.45) is 0 Å². The van der Waals surface area contributed by atoms with Crippen LogP contribution in [0.4, 0.5) is 22.0 Å². The molecule has 5 nitrogen and oxygen atoms in total. The lowest BCUT2D eigenvalue weighted by molar-refractivity contribution is -0.137. The molecule has 0 saturated carbocycles. The molecule has 13 heteroatoms. The van der Waals surface area contributed by atoms with Crippen LogP contribution in [0.3, 0.4) is 0 Å². The fourth-order valence-electron chi connectivity index (χ4n) is 4.04. The molecule has 0 spiro atoms. The zero-order chi connectivity index (χ0) is 27.0. The van der Waals surface area contributed by atoms with Gasteiger partial charge in [0.25, 0.3) is 10.0 Å². The molecule has 37 heavy (non-hydrogen) atoms. The van der Waals surface area contributed by atoms with Crippen molar-refractivity contribution >= 4 is 38.7 Å². The molecular weight excluding hydrogens is 561 g/mol. The smallest absolute Gasteiger partial charge is 0.416 e. The van der Waals surface area contributed by atoms with E-state index in [9.17, 15) is 30.8 Å². The van der Waals surface area contributed by atoms with E-state index in [2.05, 4.69) is 0 Å². The molecule has 0 unspecified atom stereocenters. The summed E-state index contributed by atoms with van der Waals surface area (Å²) in [6.07, 6.45) is -4.52. The number of Topliss-reactive ketones (excluding diaryl/α,β-unsaturated/α-hetero) is 1. The third-order valence-electron chi connectivity index (χ3n) is 5.87. The largest absolute Gasteiger partial charge is 0.454 e. The zero-order valence-electron chi connectivity index (χ0n) is 18.9. The number of alkyl halides is 3. The molecule has 0 radical (unpaired) electrons. The van der Waals surface area contributed by atoms with Crippen LogP contribution >= 0.6 is 22.9 Å². The van der Waals surface area contributed by atoms with Crippen LogP contribution < -0.4 is 4.74 Å². The van der Waals surface area contributed by atoms with Crippen molar-refractivity contribution in [3.05, 3.63) is 75.6 Å². The average Bonchev–Trinajstić information content (AvgIpc) is 3.51. The van der Waals surface area contributed by atoms with Crippen molar-refractivity contribution in [3.8, 4) is 11.5 Å². The molecule has 1 saturated heterocycles. The highest BCUT2D eigenvalue weighted by Gasteiger charge is 2.39. The summed E-state index contributed by atoms with van der Waals surface area (Å²) in [6, 6.07) is 7.29. The van der Waals surface area contributed by atoms with E-state index in [1.54, 1.807) is 0 Å². The highest BCUT2D eigenvalue weighted by molar-refractivity contribution is 7.91. The number of ketones is 1. The number of carbonyl (C=O) groups is 1. The highest BCUT2D eigenvalue weighted by atomic mass is 35.5. The molecule has 198 valence electrons. The normalized spacial score (nSPS) is 16.8. The number of benzene rings is 2. The number of ether oxygens (including phenoxy) is 1. The van der Waals surface area contributed by atoms with Gasteiger partial charge in [-0.15, -0.1) is 11.3 Å². The van der Waals surface area contributed by atoms with Gasteiger partial charge in [-0.25, -0.2) is 17.2 Å². The summed E-state index contributed by atoms with van der Waals surface area (Å²) in [5.41, 5.74) is -1.36. The van der Waals surface area contributed by atoms with Crippen molar-refractivity contribution in [3.63, 3.8) is 0 Å². The Kier molecular flexibility index (Phi) is 7.93. The van der Waals surface area contributed by atoms with Crippen LogP contribution in [-0.4, -0.2) is 31.1 Å². The summed E-state index contributed by atoms with van der Waals surface area (Å²) in [6.45, 7) is 0.132. The number of carbonyl (C=O) groups excluding carboxylic acids is 1. The Morgan fingerprint density at radius 2 is 1.78 bits per heavy atom. The Morgan fingerprint density at radius 3 is 2.41 bits per heavy atom. The minimum atomic E-state index is -4.55. The second-order valence-corrected chi connectivity index (χ2v) is 12.1. The zero-order valence-corrected chi connectivity index (χ0v) is 21.3. The third-order valence-corrected chi connectivity index (χ3v) is 9.48. The molecule has 1 atom stereocenters. The standard InChI is InChI=1S/C24H19ClF5NO4S2/c25-21-11-12-22(36-21)37(33,34)31-13-1-2-18(31)19(32)9-7-16-17(26)8-10-20(23(16)27)35-15-5-3-14(4-6-15)24(28,29)30/h3-6,8,10-12,18H,1-2,7,9,13H2/t18-/m0/s1. The molecular formula is C24H19ClF5NO4S2. The lowest BCUT2D eigenvalue weighted by Gasteiger charge is -2.22. The van der Waals surface area contributed by atoms with E-state index in [0.717, 1.165) is 52.0 Å². The maximum Gasteiger partial charge on any atom is 0.416 e. The number of hydrogen-bond donors (Lipinski definition) is 0. The molecule has 1 fully saturated rings. The summed E-state index contributed by atoms with van der Waals surface area (Å²) in [5, 5.41) is 0. The van der Waals surface area contributed by atoms with Crippen LogP contribution in [0.15, 0.2) is 52.7 Å². The van der Waals surface area contributed by atoms with Crippen LogP contribution in [0.5, 0.6) is 11.5 Å². The number of nitrogens with zero attached hydrogens (tertiary/aromatic N) is 1. The minimum Gasteiger partial charge on any atom is -0.454 e. The van der Waals surface area contributed by atoms with Crippen molar-refractivity contribution in [2.45, 2.75) is 42.1 Å². The Bertz CT molecular complexity index is 1410. The molecule has 3 aromatic rings. The number of hydrogen-bond acceptors (Lipinski definition) is 5. The van der Waals surface area contributed by atoms with Gasteiger partial charge in [-0.05, 0) is 67.8 Å². The lowest BCUT2D eigenvalue weighted by Crippen LogP contribution is -2.40. The number of sulfonamides is 1. The summed E-state index contributed by atoms with van der Waals surface area (Å²) in [5.74, 6) is -3.05. The van der Waals surface area contributed by atoms with E-state index in [4.69, 9.17) is 16.3 Å². The molecule has 2 heterocycles. The summed E-state index contributed by atoms with van der Waals surface area (Å²) < 4.78 is 100. The Morgan fingerprint density at radius 1 is 1.08 bits per heavy atom. The monoisotopic (exact) mass is 579 g/mol. The first kappa shape index (κ1) is 27.5. The van der Waals surface area contributed by atoms with Gasteiger partial charge >= 0.3 is 6.18 Å². The maximum absolute atomic E-state index is 15.0. The van der Waals surface area contributed by atoms with Gasteiger partial charge in [0.1, 0.15) is 15.8 Å².